The highest BCUT2D eigenvalue weighted by Crippen LogP contribution is 2.42. The second kappa shape index (κ2) is 3.34. The highest BCUT2D eigenvalue weighted by Gasteiger charge is 2.37. The lowest BCUT2D eigenvalue weighted by Gasteiger charge is -2.37. The van der Waals surface area contributed by atoms with Crippen LogP contribution in [0, 0.1) is 5.41 Å². The van der Waals surface area contributed by atoms with Crippen molar-refractivity contribution in [3.8, 4) is 0 Å². The van der Waals surface area contributed by atoms with E-state index in [9.17, 15) is 0 Å². The van der Waals surface area contributed by atoms with Crippen molar-refractivity contribution in [3.63, 3.8) is 0 Å². The number of hydrogen-bond acceptors (Lipinski definition) is 2. The molecule has 0 unspecified atom stereocenters. The fraction of sp³-hybridized carbons (Fsp3) is 0.857. The molecule has 1 saturated carbocycles. The van der Waals surface area contributed by atoms with Gasteiger partial charge >= 0.3 is 0 Å². The van der Waals surface area contributed by atoms with Gasteiger partial charge in [-0.1, -0.05) is 13.3 Å². The lowest BCUT2D eigenvalue weighted by Crippen LogP contribution is -2.34. The third-order valence-electron chi connectivity index (χ3n) is 2.14. The summed E-state index contributed by atoms with van der Waals surface area (Å²) in [7, 11) is 0. The van der Waals surface area contributed by atoms with Gasteiger partial charge in [0.05, 0.1) is 0 Å². The van der Waals surface area contributed by atoms with Crippen LogP contribution in [0.4, 0.5) is 0 Å². The molecule has 10 heavy (non-hydrogen) atoms. The van der Waals surface area contributed by atoms with E-state index in [1.165, 1.54) is 19.3 Å². The van der Waals surface area contributed by atoms with Crippen LogP contribution >= 0.6 is 34.8 Å². The van der Waals surface area contributed by atoms with Crippen molar-refractivity contribution in [1.29, 1.82) is 0 Å². The fourth-order valence-electron chi connectivity index (χ4n) is 1.14. The Morgan fingerprint density at radius 3 is 2.60 bits per heavy atom. The fourth-order valence-corrected chi connectivity index (χ4v) is 1.92. The van der Waals surface area contributed by atoms with Crippen molar-refractivity contribution in [2.75, 3.05) is 4.61 Å². The van der Waals surface area contributed by atoms with Gasteiger partial charge in [-0.05, 0) is 47.7 Å². The van der Waals surface area contributed by atoms with Crippen molar-refractivity contribution in [1.82, 2.24) is 0 Å². The van der Waals surface area contributed by atoms with Gasteiger partial charge in [-0.3, -0.25) is 0 Å². The molecule has 0 aromatic rings. The average Bonchev–Trinajstić information content (AvgIpc) is 1.83. The van der Waals surface area contributed by atoms with Gasteiger partial charge in [0.1, 0.15) is 4.61 Å². The summed E-state index contributed by atoms with van der Waals surface area (Å²) in [5.41, 5.74) is 0.237. The van der Waals surface area contributed by atoms with Crippen LogP contribution in [0.1, 0.15) is 26.2 Å². The summed E-state index contributed by atoms with van der Waals surface area (Å²) in [5.74, 6) is 0. The molecule has 0 N–H and O–H groups in total. The largest absolute Gasteiger partial charge is 0.476 e. The van der Waals surface area contributed by atoms with E-state index in [4.69, 9.17) is 17.0 Å². The van der Waals surface area contributed by atoms with Crippen molar-refractivity contribution < 1.29 is 4.74 Å². The minimum Gasteiger partial charge on any atom is -0.476 e. The molecule has 0 aromatic carbocycles. The Bertz CT molecular complexity index is 143. The van der Waals surface area contributed by atoms with Crippen molar-refractivity contribution in [2.45, 2.75) is 26.2 Å². The Morgan fingerprint density at radius 2 is 2.30 bits per heavy atom. The van der Waals surface area contributed by atoms with Crippen LogP contribution in [-0.4, -0.2) is 9.66 Å². The highest BCUT2D eigenvalue weighted by molar-refractivity contribution is 14.1. The van der Waals surface area contributed by atoms with Crippen LogP contribution in [0.25, 0.3) is 0 Å². The molecule has 0 amide bonds. The van der Waals surface area contributed by atoms with Crippen molar-refractivity contribution in [3.05, 3.63) is 0 Å². The highest BCUT2D eigenvalue weighted by atomic mass is 127. The van der Waals surface area contributed by atoms with E-state index in [0.717, 1.165) is 5.05 Å². The molecule has 0 bridgehead atoms. The molecular weight excluding hydrogens is 259 g/mol. The first kappa shape index (κ1) is 8.71. The first-order valence-corrected chi connectivity index (χ1v) is 5.36. The molecule has 1 aliphatic rings. The summed E-state index contributed by atoms with van der Waals surface area (Å²) in [5, 5.41) is 0.813. The van der Waals surface area contributed by atoms with E-state index in [-0.39, 0.29) is 5.41 Å². The molecular formula is C7H11IOS. The Balaban J connectivity index is 2.39. The summed E-state index contributed by atoms with van der Waals surface area (Å²) in [4.78, 5) is 0. The molecule has 0 radical (unpaired) electrons. The molecule has 1 fully saturated rings. The molecule has 0 spiro atoms. The summed E-state index contributed by atoms with van der Waals surface area (Å²) < 4.78 is 5.95. The molecule has 0 saturated heterocycles. The predicted octanol–water partition coefficient (Wildman–Crippen LogP) is 2.91. The third-order valence-corrected chi connectivity index (χ3v) is 3.06. The van der Waals surface area contributed by atoms with Crippen LogP contribution < -0.4 is 0 Å². The molecule has 1 nitrogen and oxygen atoms in total. The molecule has 0 atom stereocenters. The van der Waals surface area contributed by atoms with Gasteiger partial charge in [0.2, 0.25) is 0 Å². The Labute approximate surface area is 80.7 Å². The van der Waals surface area contributed by atoms with E-state index < -0.39 is 0 Å². The first-order chi connectivity index (χ1) is 4.69. The molecule has 3 heteroatoms. The minimum absolute atomic E-state index is 0.237. The van der Waals surface area contributed by atoms with E-state index in [1.54, 1.807) is 0 Å². The van der Waals surface area contributed by atoms with Gasteiger partial charge < -0.3 is 4.74 Å². The monoisotopic (exact) mass is 270 g/mol. The molecule has 1 rings (SSSR count). The van der Waals surface area contributed by atoms with E-state index in [1.807, 2.05) is 0 Å². The molecule has 0 aromatic heterocycles. The second-order valence-electron chi connectivity index (χ2n) is 2.96. The minimum atomic E-state index is 0.237. The third kappa shape index (κ3) is 1.61. The summed E-state index contributed by atoms with van der Waals surface area (Å²) in [6.45, 7) is 2.19. The Hall–Kier alpha value is 0.620. The smallest absolute Gasteiger partial charge is 0.166 e. The molecule has 1 aliphatic carbocycles. The van der Waals surface area contributed by atoms with Gasteiger partial charge in [0.15, 0.2) is 5.05 Å². The van der Waals surface area contributed by atoms with Gasteiger partial charge in [-0.15, -0.1) is 0 Å². The number of alkyl halides is 1. The van der Waals surface area contributed by atoms with Gasteiger partial charge in [0, 0.05) is 5.41 Å². The molecule has 0 heterocycles. The molecule has 58 valence electrons. The number of rotatable bonds is 2. The topological polar surface area (TPSA) is 9.23 Å². The summed E-state index contributed by atoms with van der Waals surface area (Å²) in [6.07, 6.45) is 3.73. The van der Waals surface area contributed by atoms with E-state index in [2.05, 4.69) is 29.5 Å². The number of thiocarbonyl (C=S) groups is 1. The maximum Gasteiger partial charge on any atom is 0.166 e. The standard InChI is InChI=1S/C7H11IOS/c1-7(3-2-4-7)6(10)9-5-8/h2-5H2,1H3. The Kier molecular flexibility index (Phi) is 2.91. The first-order valence-electron chi connectivity index (χ1n) is 3.42. The zero-order valence-electron chi connectivity index (χ0n) is 6.02. The quantitative estimate of drug-likeness (QED) is 0.433. The number of hydrogen-bond donors (Lipinski definition) is 0. The molecule has 0 aliphatic heterocycles. The maximum absolute atomic E-state index is 5.27. The number of ether oxygens (including phenoxy) is 1. The van der Waals surface area contributed by atoms with Gasteiger partial charge in [-0.2, -0.15) is 0 Å². The zero-order valence-corrected chi connectivity index (χ0v) is 9.00. The van der Waals surface area contributed by atoms with Crippen LogP contribution in [0.2, 0.25) is 0 Å². The van der Waals surface area contributed by atoms with Crippen molar-refractivity contribution in [2.24, 2.45) is 5.41 Å². The van der Waals surface area contributed by atoms with E-state index >= 15 is 0 Å². The Morgan fingerprint density at radius 1 is 1.70 bits per heavy atom. The lowest BCUT2D eigenvalue weighted by molar-refractivity contribution is 0.210. The van der Waals surface area contributed by atoms with Crippen LogP contribution in [0.3, 0.4) is 0 Å². The maximum atomic E-state index is 5.27. The normalized spacial score (nSPS) is 21.4. The summed E-state index contributed by atoms with van der Waals surface area (Å²) >= 11 is 7.29. The zero-order chi connectivity index (χ0) is 7.61. The second-order valence-corrected chi connectivity index (χ2v) is 3.95. The van der Waals surface area contributed by atoms with Crippen LogP contribution in [0.5, 0.6) is 0 Å². The van der Waals surface area contributed by atoms with Crippen LogP contribution in [-0.2, 0) is 4.74 Å². The SMILES string of the molecule is CC1(C(=S)OCI)CCC1. The lowest BCUT2D eigenvalue weighted by atomic mass is 9.71. The van der Waals surface area contributed by atoms with Crippen molar-refractivity contribution >= 4 is 39.9 Å². The van der Waals surface area contributed by atoms with Crippen LogP contribution in [0.15, 0.2) is 0 Å². The average molecular weight is 270 g/mol. The van der Waals surface area contributed by atoms with E-state index in [0.29, 0.717) is 4.61 Å². The van der Waals surface area contributed by atoms with Gasteiger partial charge in [0.25, 0.3) is 0 Å². The summed E-state index contributed by atoms with van der Waals surface area (Å²) in [6, 6.07) is 0. The number of halogens is 1. The van der Waals surface area contributed by atoms with Gasteiger partial charge in [-0.25, -0.2) is 0 Å². The predicted molar refractivity (Wildman–Crippen MR) is 54.5 cm³/mol.